The molecule has 3 heteroatoms. The maximum Gasteiger partial charge on any atom is 0.234 e. The van der Waals surface area contributed by atoms with Crippen molar-refractivity contribution in [1.29, 1.82) is 0 Å². The first-order chi connectivity index (χ1) is 4.98. The molecule has 11 heavy (non-hydrogen) atoms. The van der Waals surface area contributed by atoms with E-state index in [1.807, 2.05) is 6.92 Å². The third-order valence-corrected chi connectivity index (χ3v) is 2.92. The molecule has 0 aromatic rings. The van der Waals surface area contributed by atoms with Crippen LogP contribution in [0.25, 0.3) is 0 Å². The van der Waals surface area contributed by atoms with Gasteiger partial charge in [-0.2, -0.15) is 0 Å². The van der Waals surface area contributed by atoms with Crippen molar-refractivity contribution in [1.82, 2.24) is 0 Å². The van der Waals surface area contributed by atoms with Crippen LogP contribution in [0.5, 0.6) is 0 Å². The number of halogens is 1. The second kappa shape index (κ2) is 2.59. The van der Waals surface area contributed by atoms with Crippen molar-refractivity contribution >= 4 is 22.6 Å². The quantitative estimate of drug-likeness (QED) is 0.449. The Morgan fingerprint density at radius 3 is 2.45 bits per heavy atom. The van der Waals surface area contributed by atoms with E-state index in [1.165, 1.54) is 0 Å². The smallest absolute Gasteiger partial charge is 0.234 e. The summed E-state index contributed by atoms with van der Waals surface area (Å²) < 4.78 is 0. The molecule has 0 saturated heterocycles. The summed E-state index contributed by atoms with van der Waals surface area (Å²) >= 11 is 5.33. The van der Waals surface area contributed by atoms with Gasteiger partial charge in [0.2, 0.25) is 5.24 Å². The highest BCUT2D eigenvalue weighted by atomic mass is 35.5. The molecule has 1 rings (SSSR count). The van der Waals surface area contributed by atoms with Gasteiger partial charge in [0.05, 0.1) is 0 Å². The summed E-state index contributed by atoms with van der Waals surface area (Å²) in [6.45, 7) is 3.47. The first kappa shape index (κ1) is 8.72. The summed E-state index contributed by atoms with van der Waals surface area (Å²) in [6.07, 6.45) is 1.39. The van der Waals surface area contributed by atoms with Crippen molar-refractivity contribution in [3.8, 4) is 0 Å². The van der Waals surface area contributed by atoms with E-state index in [2.05, 4.69) is 0 Å². The molecule has 62 valence electrons. The van der Waals surface area contributed by atoms with Gasteiger partial charge in [-0.05, 0) is 31.4 Å². The van der Waals surface area contributed by atoms with E-state index in [9.17, 15) is 9.59 Å². The van der Waals surface area contributed by atoms with Crippen molar-refractivity contribution in [3.05, 3.63) is 0 Å². The van der Waals surface area contributed by atoms with Crippen LogP contribution in [0.1, 0.15) is 26.7 Å². The number of rotatable bonds is 1. The van der Waals surface area contributed by atoms with Gasteiger partial charge in [0.15, 0.2) is 0 Å². The predicted molar refractivity (Wildman–Crippen MR) is 42.4 cm³/mol. The molecule has 0 radical (unpaired) electrons. The average Bonchev–Trinajstić information content (AvgIpc) is 2.18. The second-order valence-electron chi connectivity index (χ2n) is 3.41. The zero-order valence-corrected chi connectivity index (χ0v) is 7.44. The maximum atomic E-state index is 11.4. The van der Waals surface area contributed by atoms with E-state index in [0.717, 1.165) is 6.42 Å². The fraction of sp³-hybridized carbons (Fsp3) is 0.750. The van der Waals surface area contributed by atoms with Crippen molar-refractivity contribution in [3.63, 3.8) is 0 Å². The Morgan fingerprint density at radius 2 is 2.27 bits per heavy atom. The SMILES string of the molecule is CC1CCC(C)(C(=O)Cl)C1=O. The lowest BCUT2D eigenvalue weighted by molar-refractivity contribution is -0.134. The summed E-state index contributed by atoms with van der Waals surface area (Å²) in [5.74, 6) is 0.000185. The Labute approximate surface area is 70.9 Å². The maximum absolute atomic E-state index is 11.4. The number of Topliss-reactive ketones (excluding diaryl/α,β-unsaturated/α-hetero) is 1. The molecule has 0 aliphatic heterocycles. The summed E-state index contributed by atoms with van der Waals surface area (Å²) in [6, 6.07) is 0. The summed E-state index contributed by atoms with van der Waals surface area (Å²) in [4.78, 5) is 22.2. The predicted octanol–water partition coefficient (Wildman–Crippen LogP) is 1.76. The number of carbonyl (C=O) groups excluding carboxylic acids is 2. The molecule has 0 heterocycles. The molecule has 1 fully saturated rings. The molecule has 0 aromatic carbocycles. The summed E-state index contributed by atoms with van der Waals surface area (Å²) in [5, 5.41) is -0.508. The Hall–Kier alpha value is -0.370. The number of ketones is 1. The van der Waals surface area contributed by atoms with Gasteiger partial charge < -0.3 is 0 Å². The van der Waals surface area contributed by atoms with Gasteiger partial charge >= 0.3 is 0 Å². The lowest BCUT2D eigenvalue weighted by Crippen LogP contribution is -2.30. The van der Waals surface area contributed by atoms with Crippen LogP contribution in [-0.2, 0) is 9.59 Å². The highest BCUT2D eigenvalue weighted by molar-refractivity contribution is 6.66. The van der Waals surface area contributed by atoms with Gasteiger partial charge in [-0.1, -0.05) is 6.92 Å². The highest BCUT2D eigenvalue weighted by Gasteiger charge is 2.46. The minimum absolute atomic E-state index is 0.00231. The monoisotopic (exact) mass is 174 g/mol. The van der Waals surface area contributed by atoms with Crippen molar-refractivity contribution in [2.75, 3.05) is 0 Å². The van der Waals surface area contributed by atoms with E-state index in [0.29, 0.717) is 6.42 Å². The molecule has 1 aliphatic carbocycles. The lowest BCUT2D eigenvalue weighted by atomic mass is 9.88. The Morgan fingerprint density at radius 1 is 1.73 bits per heavy atom. The van der Waals surface area contributed by atoms with Gasteiger partial charge in [-0.3, -0.25) is 9.59 Å². The fourth-order valence-corrected chi connectivity index (χ4v) is 1.69. The van der Waals surface area contributed by atoms with Gasteiger partial charge in [0.1, 0.15) is 11.2 Å². The molecular formula is C8H11ClO2. The molecular weight excluding hydrogens is 164 g/mol. The zero-order chi connectivity index (χ0) is 8.65. The van der Waals surface area contributed by atoms with E-state index < -0.39 is 10.7 Å². The fourth-order valence-electron chi connectivity index (χ4n) is 1.50. The van der Waals surface area contributed by atoms with Crippen LogP contribution in [0, 0.1) is 11.3 Å². The van der Waals surface area contributed by atoms with Gasteiger partial charge in [0.25, 0.3) is 0 Å². The van der Waals surface area contributed by atoms with Crippen molar-refractivity contribution in [2.45, 2.75) is 26.7 Å². The van der Waals surface area contributed by atoms with Crippen LogP contribution in [-0.4, -0.2) is 11.0 Å². The topological polar surface area (TPSA) is 34.1 Å². The second-order valence-corrected chi connectivity index (χ2v) is 3.75. The van der Waals surface area contributed by atoms with E-state index >= 15 is 0 Å². The Bertz CT molecular complexity index is 212. The molecule has 0 amide bonds. The zero-order valence-electron chi connectivity index (χ0n) is 6.69. The van der Waals surface area contributed by atoms with Gasteiger partial charge in [-0.25, -0.2) is 0 Å². The van der Waals surface area contributed by atoms with Crippen LogP contribution in [0.3, 0.4) is 0 Å². The molecule has 0 bridgehead atoms. The minimum atomic E-state index is -0.888. The molecule has 2 nitrogen and oxygen atoms in total. The molecule has 1 saturated carbocycles. The van der Waals surface area contributed by atoms with Crippen LogP contribution < -0.4 is 0 Å². The summed E-state index contributed by atoms with van der Waals surface area (Å²) in [5.41, 5.74) is -0.888. The molecule has 2 unspecified atom stereocenters. The minimum Gasteiger partial charge on any atom is -0.298 e. The third kappa shape index (κ3) is 1.20. The summed E-state index contributed by atoms with van der Waals surface area (Å²) in [7, 11) is 0. The molecule has 0 spiro atoms. The van der Waals surface area contributed by atoms with Crippen LogP contribution in [0.15, 0.2) is 0 Å². The van der Waals surface area contributed by atoms with Crippen LogP contribution in [0.4, 0.5) is 0 Å². The Balaban J connectivity index is 2.90. The first-order valence-corrected chi connectivity index (χ1v) is 4.10. The number of carbonyl (C=O) groups is 2. The molecule has 2 atom stereocenters. The van der Waals surface area contributed by atoms with E-state index in [4.69, 9.17) is 11.6 Å². The lowest BCUT2D eigenvalue weighted by Gasteiger charge is -2.15. The third-order valence-electron chi connectivity index (χ3n) is 2.50. The highest BCUT2D eigenvalue weighted by Crippen LogP contribution is 2.39. The normalized spacial score (nSPS) is 37.7. The molecule has 1 aliphatic rings. The molecule has 0 aromatic heterocycles. The van der Waals surface area contributed by atoms with E-state index in [1.54, 1.807) is 6.92 Å². The molecule has 0 N–H and O–H groups in total. The average molecular weight is 175 g/mol. The standard InChI is InChI=1S/C8H11ClO2/c1-5-3-4-8(2,6(5)10)7(9)11/h5H,3-4H2,1-2H3. The van der Waals surface area contributed by atoms with E-state index in [-0.39, 0.29) is 11.7 Å². The van der Waals surface area contributed by atoms with Crippen molar-refractivity contribution in [2.24, 2.45) is 11.3 Å². The van der Waals surface area contributed by atoms with Gasteiger partial charge in [0, 0.05) is 5.92 Å². The van der Waals surface area contributed by atoms with Crippen molar-refractivity contribution < 1.29 is 9.59 Å². The van der Waals surface area contributed by atoms with Crippen LogP contribution >= 0.6 is 11.6 Å². The number of hydrogen-bond acceptors (Lipinski definition) is 2. The van der Waals surface area contributed by atoms with Gasteiger partial charge in [-0.15, -0.1) is 0 Å². The number of hydrogen-bond donors (Lipinski definition) is 0. The Kier molecular flexibility index (Phi) is 2.06. The largest absolute Gasteiger partial charge is 0.298 e. The first-order valence-electron chi connectivity index (χ1n) is 3.73. The van der Waals surface area contributed by atoms with Crippen LogP contribution in [0.2, 0.25) is 0 Å².